The smallest absolute Gasteiger partial charge is 0.135 e. The van der Waals surface area contributed by atoms with E-state index in [-0.39, 0.29) is 0 Å². The molecule has 0 unspecified atom stereocenters. The molecule has 1 heterocycles. The molecule has 2 nitrogen and oxygen atoms in total. The van der Waals surface area contributed by atoms with Crippen LogP contribution in [0.1, 0.15) is 0 Å². The van der Waals surface area contributed by atoms with Gasteiger partial charge in [-0.1, -0.05) is 176 Å². The van der Waals surface area contributed by atoms with Gasteiger partial charge >= 0.3 is 0 Å². The largest absolute Gasteiger partial charge is 0.456 e. The highest BCUT2D eigenvalue weighted by molar-refractivity contribution is 6.08. The molecule has 282 valence electrons. The fourth-order valence-electron chi connectivity index (χ4n) is 8.62. The van der Waals surface area contributed by atoms with Crippen LogP contribution in [0.3, 0.4) is 0 Å². The van der Waals surface area contributed by atoms with Crippen LogP contribution < -0.4 is 4.90 Å². The van der Waals surface area contributed by atoms with E-state index in [1.165, 1.54) is 54.9 Å². The van der Waals surface area contributed by atoms with Crippen LogP contribution in [0.4, 0.5) is 17.1 Å². The summed E-state index contributed by atoms with van der Waals surface area (Å²) in [6.07, 6.45) is 0. The second kappa shape index (κ2) is 15.1. The maximum Gasteiger partial charge on any atom is 0.135 e. The first-order valence-electron chi connectivity index (χ1n) is 20.5. The van der Waals surface area contributed by atoms with Gasteiger partial charge in [-0.25, -0.2) is 0 Å². The maximum absolute atomic E-state index is 6.22. The van der Waals surface area contributed by atoms with E-state index in [1.54, 1.807) is 0 Å². The van der Waals surface area contributed by atoms with Gasteiger partial charge in [-0.05, 0) is 127 Å². The summed E-state index contributed by atoms with van der Waals surface area (Å²) in [6, 6.07) is 84.9. The Bertz CT molecular complexity index is 3260. The van der Waals surface area contributed by atoms with Crippen LogP contribution in [-0.2, 0) is 0 Å². The van der Waals surface area contributed by atoms with Crippen molar-refractivity contribution in [2.24, 2.45) is 0 Å². The highest BCUT2D eigenvalue weighted by atomic mass is 16.3. The highest BCUT2D eigenvalue weighted by Gasteiger charge is 2.16. The SMILES string of the molecule is c1ccc(-c2ccccc2-c2ccc(N(c3ccc(-c4cccc(-c5cc6ccccc6o5)c4)cc3)c3ccc(-c4ccc5c(ccc6ccccc65)c4)cc3)cc2)cc1. The predicted octanol–water partition coefficient (Wildman–Crippen LogP) is 16.5. The van der Waals surface area contributed by atoms with Crippen LogP contribution in [0.2, 0.25) is 0 Å². The summed E-state index contributed by atoms with van der Waals surface area (Å²) in [5.41, 5.74) is 14.7. The number of nitrogens with zero attached hydrogens (tertiary/aromatic N) is 1. The zero-order valence-electron chi connectivity index (χ0n) is 32.9. The number of rotatable bonds is 8. The maximum atomic E-state index is 6.22. The lowest BCUT2D eigenvalue weighted by molar-refractivity contribution is 0.631. The molecule has 0 bridgehead atoms. The molecule has 0 amide bonds. The number of anilines is 3. The van der Waals surface area contributed by atoms with E-state index in [0.29, 0.717) is 0 Å². The standard InChI is InChI=1S/C58H39NO/c1-2-11-42(12-3-1)53-18-7-8-19-55(53)44-27-34-52(35-28-44)59(51-32-25-41(26-33-51)46-29-36-56-47(37-46)22-21-43-13-4-6-17-54(43)56)50-30-23-40(24-31-50)45-15-10-16-48(38-45)58-39-49-14-5-9-20-57(49)60-58/h1-39H. The van der Waals surface area contributed by atoms with E-state index in [1.807, 2.05) is 18.2 Å². The topological polar surface area (TPSA) is 16.4 Å². The van der Waals surface area contributed by atoms with Gasteiger partial charge in [-0.2, -0.15) is 0 Å². The van der Waals surface area contributed by atoms with Crippen molar-refractivity contribution < 1.29 is 4.42 Å². The molecule has 11 aromatic rings. The summed E-state index contributed by atoms with van der Waals surface area (Å²) in [5.74, 6) is 0.872. The van der Waals surface area contributed by atoms with Gasteiger partial charge in [0.2, 0.25) is 0 Å². The minimum absolute atomic E-state index is 0.872. The third kappa shape index (κ3) is 6.61. The Labute approximate surface area is 349 Å². The average molecular weight is 766 g/mol. The minimum atomic E-state index is 0.872. The number of fused-ring (bicyclic) bond motifs is 4. The van der Waals surface area contributed by atoms with Gasteiger partial charge < -0.3 is 9.32 Å². The Balaban J connectivity index is 0.952. The van der Waals surface area contributed by atoms with Gasteiger partial charge in [0.15, 0.2) is 0 Å². The molecule has 0 saturated carbocycles. The molecule has 0 fully saturated rings. The van der Waals surface area contributed by atoms with E-state index in [0.717, 1.165) is 50.5 Å². The van der Waals surface area contributed by atoms with Gasteiger partial charge in [0, 0.05) is 28.0 Å². The lowest BCUT2D eigenvalue weighted by Crippen LogP contribution is -2.09. The molecular weight excluding hydrogens is 727 g/mol. The monoisotopic (exact) mass is 765 g/mol. The normalized spacial score (nSPS) is 11.3. The van der Waals surface area contributed by atoms with E-state index in [4.69, 9.17) is 4.42 Å². The summed E-state index contributed by atoms with van der Waals surface area (Å²) in [4.78, 5) is 2.35. The molecule has 60 heavy (non-hydrogen) atoms. The van der Waals surface area contributed by atoms with E-state index in [2.05, 4.69) is 223 Å². The summed E-state index contributed by atoms with van der Waals surface area (Å²) >= 11 is 0. The van der Waals surface area contributed by atoms with Crippen LogP contribution in [-0.4, -0.2) is 0 Å². The first-order chi connectivity index (χ1) is 29.7. The number of hydrogen-bond donors (Lipinski definition) is 0. The van der Waals surface area contributed by atoms with Crippen molar-refractivity contribution in [3.05, 3.63) is 237 Å². The molecule has 0 aliphatic rings. The lowest BCUT2D eigenvalue weighted by Gasteiger charge is -2.26. The Morgan fingerprint density at radius 3 is 1.43 bits per heavy atom. The third-order valence-electron chi connectivity index (χ3n) is 11.7. The van der Waals surface area contributed by atoms with Crippen LogP contribution >= 0.6 is 0 Å². The average Bonchev–Trinajstić information content (AvgIpc) is 3.77. The molecule has 0 saturated heterocycles. The second-order valence-electron chi connectivity index (χ2n) is 15.3. The number of hydrogen-bond acceptors (Lipinski definition) is 2. The lowest BCUT2D eigenvalue weighted by atomic mass is 9.94. The third-order valence-corrected chi connectivity index (χ3v) is 11.7. The summed E-state index contributed by atoms with van der Waals surface area (Å²) in [7, 11) is 0. The van der Waals surface area contributed by atoms with Gasteiger partial charge in [-0.3, -0.25) is 0 Å². The molecular formula is C58H39NO. The van der Waals surface area contributed by atoms with Crippen molar-refractivity contribution in [3.63, 3.8) is 0 Å². The van der Waals surface area contributed by atoms with Gasteiger partial charge in [0.05, 0.1) is 0 Å². The zero-order chi connectivity index (χ0) is 39.8. The van der Waals surface area contributed by atoms with Crippen LogP contribution in [0.5, 0.6) is 0 Å². The van der Waals surface area contributed by atoms with Gasteiger partial charge in [-0.15, -0.1) is 0 Å². The summed E-state index contributed by atoms with van der Waals surface area (Å²) in [6.45, 7) is 0. The van der Waals surface area contributed by atoms with Crippen LogP contribution in [0.15, 0.2) is 241 Å². The van der Waals surface area contributed by atoms with Crippen molar-refractivity contribution in [3.8, 4) is 55.8 Å². The summed E-state index contributed by atoms with van der Waals surface area (Å²) in [5, 5.41) is 6.18. The van der Waals surface area contributed by atoms with Crippen molar-refractivity contribution >= 4 is 49.6 Å². The minimum Gasteiger partial charge on any atom is -0.456 e. The highest BCUT2D eigenvalue weighted by Crippen LogP contribution is 2.40. The van der Waals surface area contributed by atoms with Gasteiger partial charge in [0.1, 0.15) is 11.3 Å². The Morgan fingerprint density at radius 2 is 0.750 bits per heavy atom. The molecule has 0 aliphatic heterocycles. The second-order valence-corrected chi connectivity index (χ2v) is 15.3. The molecule has 2 heteroatoms. The van der Waals surface area contributed by atoms with Crippen LogP contribution in [0.25, 0.3) is 88.3 Å². The van der Waals surface area contributed by atoms with E-state index >= 15 is 0 Å². The first kappa shape index (κ1) is 35.2. The molecule has 0 N–H and O–H groups in total. The quantitative estimate of drug-likeness (QED) is 0.143. The Hall–Kier alpha value is -7.94. The van der Waals surface area contributed by atoms with E-state index < -0.39 is 0 Å². The number of furan rings is 1. The summed E-state index contributed by atoms with van der Waals surface area (Å²) < 4.78 is 6.22. The number of benzene rings is 10. The molecule has 0 aliphatic carbocycles. The fourth-order valence-corrected chi connectivity index (χ4v) is 8.62. The predicted molar refractivity (Wildman–Crippen MR) is 253 cm³/mol. The fraction of sp³-hybridized carbons (Fsp3) is 0. The Morgan fingerprint density at radius 1 is 0.267 bits per heavy atom. The van der Waals surface area contributed by atoms with Crippen molar-refractivity contribution in [1.82, 2.24) is 0 Å². The first-order valence-corrected chi connectivity index (χ1v) is 20.5. The molecule has 1 aromatic heterocycles. The van der Waals surface area contributed by atoms with E-state index in [9.17, 15) is 0 Å². The van der Waals surface area contributed by atoms with Crippen molar-refractivity contribution in [2.45, 2.75) is 0 Å². The molecule has 0 radical (unpaired) electrons. The molecule has 10 aromatic carbocycles. The number of para-hydroxylation sites is 1. The van der Waals surface area contributed by atoms with Crippen LogP contribution in [0, 0.1) is 0 Å². The van der Waals surface area contributed by atoms with Crippen molar-refractivity contribution in [1.29, 1.82) is 0 Å². The zero-order valence-corrected chi connectivity index (χ0v) is 32.9. The molecule has 0 spiro atoms. The molecule has 11 rings (SSSR count). The Kier molecular flexibility index (Phi) is 8.87. The van der Waals surface area contributed by atoms with Gasteiger partial charge in [0.25, 0.3) is 0 Å². The van der Waals surface area contributed by atoms with Crippen molar-refractivity contribution in [2.75, 3.05) is 4.90 Å². The molecule has 0 atom stereocenters.